The first kappa shape index (κ1) is 15.5. The van der Waals surface area contributed by atoms with Crippen LogP contribution in [0.5, 0.6) is 0 Å². The van der Waals surface area contributed by atoms with Gasteiger partial charge in [-0.25, -0.2) is 4.98 Å². The molecule has 1 aliphatic heterocycles. The molecule has 1 unspecified atom stereocenters. The summed E-state index contributed by atoms with van der Waals surface area (Å²) in [6.07, 6.45) is 7.56. The molecule has 3 aromatic rings. The average molecular weight is 342 g/mol. The Kier molecular flexibility index (Phi) is 4.44. The minimum absolute atomic E-state index is 0.642. The van der Waals surface area contributed by atoms with Crippen LogP contribution < -0.4 is 5.32 Å². The predicted octanol–water partition coefficient (Wildman–Crippen LogP) is 2.68. The van der Waals surface area contributed by atoms with Crippen molar-refractivity contribution in [1.82, 2.24) is 24.5 Å². The Hall–Kier alpha value is -1.99. The van der Waals surface area contributed by atoms with E-state index in [1.807, 2.05) is 31.4 Å². The largest absolute Gasteiger partial charge is 0.365 e. The summed E-state index contributed by atoms with van der Waals surface area (Å²) in [5.74, 6) is 1.72. The number of pyridine rings is 1. The minimum atomic E-state index is 0.642. The van der Waals surface area contributed by atoms with Crippen LogP contribution in [0.2, 0.25) is 0 Å². The molecule has 0 amide bonds. The number of thiazole rings is 1. The summed E-state index contributed by atoms with van der Waals surface area (Å²) in [4.78, 5) is 8.25. The van der Waals surface area contributed by atoms with Crippen LogP contribution in [0.4, 0.5) is 5.13 Å². The molecule has 1 atom stereocenters. The molecular formula is C17H22N6S. The van der Waals surface area contributed by atoms with E-state index in [1.165, 1.54) is 24.3 Å². The molecule has 7 heteroatoms. The first-order chi connectivity index (χ1) is 11.8. The van der Waals surface area contributed by atoms with E-state index < -0.39 is 0 Å². The highest BCUT2D eigenvalue weighted by Gasteiger charge is 2.22. The van der Waals surface area contributed by atoms with Gasteiger partial charge in [0.05, 0.1) is 0 Å². The van der Waals surface area contributed by atoms with Crippen LogP contribution in [0.25, 0.3) is 5.65 Å². The van der Waals surface area contributed by atoms with E-state index in [0.717, 1.165) is 36.1 Å². The van der Waals surface area contributed by atoms with E-state index in [4.69, 9.17) is 0 Å². The second-order valence-electron chi connectivity index (χ2n) is 6.37. The molecule has 1 saturated heterocycles. The number of nitrogens with zero attached hydrogens (tertiary/aromatic N) is 5. The van der Waals surface area contributed by atoms with Crippen molar-refractivity contribution in [1.29, 1.82) is 0 Å². The quantitative estimate of drug-likeness (QED) is 0.772. The van der Waals surface area contributed by atoms with Crippen LogP contribution in [0.15, 0.2) is 30.6 Å². The molecule has 3 aromatic heterocycles. The summed E-state index contributed by atoms with van der Waals surface area (Å²) in [7, 11) is 1.92. The predicted molar refractivity (Wildman–Crippen MR) is 96.4 cm³/mol. The molecule has 0 radical (unpaired) electrons. The molecule has 4 rings (SSSR count). The number of hydrogen-bond acceptors (Lipinski definition) is 6. The maximum atomic E-state index is 4.39. The number of anilines is 1. The van der Waals surface area contributed by atoms with Crippen molar-refractivity contribution < 1.29 is 0 Å². The molecule has 0 aliphatic carbocycles. The third-order valence-electron chi connectivity index (χ3n) is 4.61. The van der Waals surface area contributed by atoms with Crippen molar-refractivity contribution in [2.45, 2.75) is 25.8 Å². The van der Waals surface area contributed by atoms with E-state index in [2.05, 4.69) is 36.0 Å². The highest BCUT2D eigenvalue weighted by Crippen LogP contribution is 2.24. The number of hydrogen-bond donors (Lipinski definition) is 1. The van der Waals surface area contributed by atoms with Crippen LogP contribution in [-0.2, 0) is 13.0 Å². The van der Waals surface area contributed by atoms with Crippen molar-refractivity contribution in [2.24, 2.45) is 5.92 Å². The minimum Gasteiger partial charge on any atom is -0.365 e. The zero-order valence-electron chi connectivity index (χ0n) is 13.9. The number of likely N-dealkylation sites (tertiary alicyclic amines) is 1. The molecule has 0 bridgehead atoms. The van der Waals surface area contributed by atoms with Gasteiger partial charge in [0.25, 0.3) is 0 Å². The molecule has 0 aromatic carbocycles. The standard InChI is InChI=1S/C17H22N6S/c1-18-17-19-10-14(24-17)12-22-7-4-5-13(11-22)9-16-21-20-15-6-2-3-8-23(15)16/h2-3,6,8,10,13H,4-5,7,9,11-12H2,1H3,(H,18,19). The fraction of sp³-hybridized carbons (Fsp3) is 0.471. The van der Waals surface area contributed by atoms with Gasteiger partial charge in [0.2, 0.25) is 0 Å². The second kappa shape index (κ2) is 6.86. The van der Waals surface area contributed by atoms with Gasteiger partial charge in [0.15, 0.2) is 10.8 Å². The highest BCUT2D eigenvalue weighted by atomic mass is 32.1. The lowest BCUT2D eigenvalue weighted by Crippen LogP contribution is -2.35. The van der Waals surface area contributed by atoms with Crippen molar-refractivity contribution in [2.75, 3.05) is 25.5 Å². The lowest BCUT2D eigenvalue weighted by atomic mass is 9.94. The van der Waals surface area contributed by atoms with E-state index in [-0.39, 0.29) is 0 Å². The molecule has 126 valence electrons. The third kappa shape index (κ3) is 3.27. The number of piperidine rings is 1. The summed E-state index contributed by atoms with van der Waals surface area (Å²) in [5, 5.41) is 12.8. The van der Waals surface area contributed by atoms with Crippen LogP contribution in [-0.4, -0.2) is 44.6 Å². The maximum absolute atomic E-state index is 4.39. The smallest absolute Gasteiger partial charge is 0.182 e. The van der Waals surface area contributed by atoms with Crippen molar-refractivity contribution in [3.63, 3.8) is 0 Å². The van der Waals surface area contributed by atoms with Crippen LogP contribution >= 0.6 is 11.3 Å². The second-order valence-corrected chi connectivity index (χ2v) is 7.49. The van der Waals surface area contributed by atoms with Gasteiger partial charge in [-0.15, -0.1) is 21.5 Å². The molecule has 4 heterocycles. The molecular weight excluding hydrogens is 320 g/mol. The zero-order valence-corrected chi connectivity index (χ0v) is 14.7. The van der Waals surface area contributed by atoms with Crippen molar-refractivity contribution in [3.05, 3.63) is 41.3 Å². The van der Waals surface area contributed by atoms with Crippen LogP contribution in [0.3, 0.4) is 0 Å². The zero-order chi connectivity index (χ0) is 16.4. The van der Waals surface area contributed by atoms with E-state index in [0.29, 0.717) is 5.92 Å². The summed E-state index contributed by atoms with van der Waals surface area (Å²) in [6, 6.07) is 6.05. The van der Waals surface area contributed by atoms with Gasteiger partial charge in [0, 0.05) is 43.8 Å². The lowest BCUT2D eigenvalue weighted by Gasteiger charge is -2.32. The van der Waals surface area contributed by atoms with Gasteiger partial charge >= 0.3 is 0 Å². The molecule has 24 heavy (non-hydrogen) atoms. The van der Waals surface area contributed by atoms with Gasteiger partial charge < -0.3 is 5.32 Å². The topological polar surface area (TPSA) is 58.4 Å². The van der Waals surface area contributed by atoms with Crippen molar-refractivity contribution >= 4 is 22.1 Å². The van der Waals surface area contributed by atoms with Crippen LogP contribution in [0.1, 0.15) is 23.5 Å². The van der Waals surface area contributed by atoms with Gasteiger partial charge in [-0.3, -0.25) is 9.30 Å². The number of aromatic nitrogens is 4. The summed E-state index contributed by atoms with van der Waals surface area (Å²) in [5.41, 5.74) is 0.935. The first-order valence-corrected chi connectivity index (χ1v) is 9.27. The monoisotopic (exact) mass is 342 g/mol. The SMILES string of the molecule is CNc1ncc(CN2CCCC(Cc3nnc4ccccn34)C2)s1. The number of fused-ring (bicyclic) bond motifs is 1. The molecule has 0 spiro atoms. The Morgan fingerprint density at radius 2 is 2.29 bits per heavy atom. The molecule has 0 saturated carbocycles. The summed E-state index contributed by atoms with van der Waals surface area (Å²) in [6.45, 7) is 3.29. The Bertz CT molecular complexity index is 810. The van der Waals surface area contributed by atoms with E-state index >= 15 is 0 Å². The van der Waals surface area contributed by atoms with Gasteiger partial charge in [-0.2, -0.15) is 0 Å². The first-order valence-electron chi connectivity index (χ1n) is 8.45. The number of nitrogens with one attached hydrogen (secondary N) is 1. The van der Waals surface area contributed by atoms with Crippen molar-refractivity contribution in [3.8, 4) is 0 Å². The summed E-state index contributed by atoms with van der Waals surface area (Å²) < 4.78 is 2.11. The fourth-order valence-electron chi connectivity index (χ4n) is 3.47. The molecule has 1 aliphatic rings. The highest BCUT2D eigenvalue weighted by molar-refractivity contribution is 7.15. The lowest BCUT2D eigenvalue weighted by molar-refractivity contribution is 0.167. The van der Waals surface area contributed by atoms with E-state index in [9.17, 15) is 0 Å². The Morgan fingerprint density at radius 3 is 3.17 bits per heavy atom. The summed E-state index contributed by atoms with van der Waals surface area (Å²) >= 11 is 1.74. The fourth-order valence-corrected chi connectivity index (χ4v) is 4.27. The normalized spacial score (nSPS) is 19.0. The third-order valence-corrected chi connectivity index (χ3v) is 5.61. The Balaban J connectivity index is 1.41. The molecule has 6 nitrogen and oxygen atoms in total. The Labute approximate surface area is 145 Å². The van der Waals surface area contributed by atoms with Gasteiger partial charge in [0.1, 0.15) is 5.82 Å². The van der Waals surface area contributed by atoms with E-state index in [1.54, 1.807) is 11.3 Å². The van der Waals surface area contributed by atoms with Crippen LogP contribution in [0, 0.1) is 5.92 Å². The number of rotatable bonds is 5. The average Bonchev–Trinajstić information content (AvgIpc) is 3.23. The molecule has 1 fully saturated rings. The Morgan fingerprint density at radius 1 is 1.33 bits per heavy atom. The molecule has 1 N–H and O–H groups in total. The maximum Gasteiger partial charge on any atom is 0.182 e. The van der Waals surface area contributed by atoms with Gasteiger partial charge in [-0.05, 0) is 37.4 Å². The van der Waals surface area contributed by atoms with Gasteiger partial charge in [-0.1, -0.05) is 6.07 Å².